The molecule has 3 aromatic rings. The van der Waals surface area contributed by atoms with Gasteiger partial charge in [0.2, 0.25) is 6.79 Å². The van der Waals surface area contributed by atoms with Gasteiger partial charge in [0.15, 0.2) is 11.5 Å². The van der Waals surface area contributed by atoms with Crippen LogP contribution >= 0.6 is 11.6 Å². The molecule has 1 fully saturated rings. The van der Waals surface area contributed by atoms with Gasteiger partial charge in [-0.2, -0.15) is 0 Å². The van der Waals surface area contributed by atoms with Crippen LogP contribution in [0.3, 0.4) is 0 Å². The lowest BCUT2D eigenvalue weighted by atomic mass is 10.0. The third kappa shape index (κ3) is 5.20. The van der Waals surface area contributed by atoms with E-state index >= 15 is 0 Å². The number of halogens is 1. The van der Waals surface area contributed by atoms with Crippen LogP contribution in [0.2, 0.25) is 5.02 Å². The number of hydrogen-bond donors (Lipinski definition) is 2. The number of fused-ring (bicyclic) bond motifs is 1. The number of benzene rings is 3. The first kappa shape index (κ1) is 23.1. The number of nitrogens with zero attached hydrogens (tertiary/aromatic N) is 1. The Hall–Kier alpha value is -3.71. The molecule has 0 saturated carbocycles. The monoisotopic (exact) mass is 491 g/mol. The van der Waals surface area contributed by atoms with E-state index in [0.717, 1.165) is 42.9 Å². The quantitative estimate of drug-likeness (QED) is 0.534. The molecule has 1 saturated heterocycles. The van der Waals surface area contributed by atoms with E-state index in [0.29, 0.717) is 28.4 Å². The summed E-state index contributed by atoms with van der Waals surface area (Å²) in [5.41, 5.74) is 2.95. The summed E-state index contributed by atoms with van der Waals surface area (Å²) in [5, 5.41) is 6.55. The van der Waals surface area contributed by atoms with Crippen molar-refractivity contribution in [2.75, 3.05) is 24.8 Å². The maximum atomic E-state index is 13.1. The molecule has 0 aromatic heterocycles. The van der Waals surface area contributed by atoms with E-state index in [4.69, 9.17) is 21.1 Å². The molecule has 2 heterocycles. The van der Waals surface area contributed by atoms with E-state index in [-0.39, 0.29) is 24.6 Å². The van der Waals surface area contributed by atoms with Gasteiger partial charge in [0.25, 0.3) is 11.8 Å². The molecule has 2 aliphatic rings. The van der Waals surface area contributed by atoms with Crippen molar-refractivity contribution >= 4 is 29.1 Å². The van der Waals surface area contributed by atoms with Crippen LogP contribution < -0.4 is 25.0 Å². The fourth-order valence-corrected chi connectivity index (χ4v) is 4.66. The SMILES string of the molecule is O=C(NC1CCN(c2ccccc2C(=O)NCc2ccc3c(c2)OCO3)CC1)c1ccccc1Cl. The second-order valence-corrected chi connectivity index (χ2v) is 9.01. The summed E-state index contributed by atoms with van der Waals surface area (Å²) in [4.78, 5) is 27.9. The normalized spacial score (nSPS) is 15.1. The lowest BCUT2D eigenvalue weighted by molar-refractivity contribution is 0.0929. The first-order chi connectivity index (χ1) is 17.1. The van der Waals surface area contributed by atoms with Gasteiger partial charge in [0.1, 0.15) is 0 Å². The lowest BCUT2D eigenvalue weighted by Crippen LogP contribution is -2.45. The Balaban J connectivity index is 1.19. The standard InChI is InChI=1S/C27H26ClN3O4/c28-22-7-3-1-5-20(22)27(33)30-19-11-13-31(14-12-19)23-8-4-2-6-21(23)26(32)29-16-18-9-10-24-25(15-18)35-17-34-24/h1-10,15,19H,11-14,16-17H2,(H,29,32)(H,30,33). The second kappa shape index (κ2) is 10.3. The molecular weight excluding hydrogens is 466 g/mol. The molecule has 35 heavy (non-hydrogen) atoms. The minimum Gasteiger partial charge on any atom is -0.454 e. The number of nitrogens with one attached hydrogen (secondary N) is 2. The predicted molar refractivity (Wildman–Crippen MR) is 134 cm³/mol. The van der Waals surface area contributed by atoms with E-state index in [1.165, 1.54) is 0 Å². The number of amides is 2. The largest absolute Gasteiger partial charge is 0.454 e. The number of para-hydroxylation sites is 1. The zero-order valence-electron chi connectivity index (χ0n) is 19.1. The molecule has 180 valence electrons. The molecule has 7 nitrogen and oxygen atoms in total. The molecule has 0 unspecified atom stereocenters. The Kier molecular flexibility index (Phi) is 6.77. The van der Waals surface area contributed by atoms with Gasteiger partial charge in [-0.1, -0.05) is 41.9 Å². The van der Waals surface area contributed by atoms with Gasteiger partial charge >= 0.3 is 0 Å². The number of piperidine rings is 1. The van der Waals surface area contributed by atoms with Gasteiger partial charge in [-0.05, 0) is 54.8 Å². The minimum absolute atomic E-state index is 0.0574. The van der Waals surface area contributed by atoms with Crippen LogP contribution in [0.25, 0.3) is 0 Å². The van der Waals surface area contributed by atoms with E-state index in [1.807, 2.05) is 42.5 Å². The summed E-state index contributed by atoms with van der Waals surface area (Å²) < 4.78 is 10.8. The Bertz CT molecular complexity index is 1240. The highest BCUT2D eigenvalue weighted by atomic mass is 35.5. The topological polar surface area (TPSA) is 79.9 Å². The summed E-state index contributed by atoms with van der Waals surface area (Å²) in [6.45, 7) is 2.08. The summed E-state index contributed by atoms with van der Waals surface area (Å²) in [5.74, 6) is 1.13. The van der Waals surface area contributed by atoms with Gasteiger partial charge in [-0.25, -0.2) is 0 Å². The average Bonchev–Trinajstić information content (AvgIpc) is 3.36. The molecule has 5 rings (SSSR count). The van der Waals surface area contributed by atoms with Crippen LogP contribution in [0, 0.1) is 0 Å². The van der Waals surface area contributed by atoms with E-state index in [2.05, 4.69) is 15.5 Å². The van der Waals surface area contributed by atoms with Crippen LogP contribution in [0.4, 0.5) is 5.69 Å². The molecule has 2 aliphatic heterocycles. The number of ether oxygens (including phenoxy) is 2. The molecule has 0 radical (unpaired) electrons. The van der Waals surface area contributed by atoms with Crippen molar-refractivity contribution in [3.63, 3.8) is 0 Å². The maximum Gasteiger partial charge on any atom is 0.253 e. The van der Waals surface area contributed by atoms with Crippen LogP contribution in [-0.2, 0) is 6.54 Å². The predicted octanol–water partition coefficient (Wildman–Crippen LogP) is 4.40. The zero-order valence-corrected chi connectivity index (χ0v) is 19.9. The summed E-state index contributed by atoms with van der Waals surface area (Å²) >= 11 is 6.16. The highest BCUT2D eigenvalue weighted by molar-refractivity contribution is 6.33. The number of carbonyl (C=O) groups is 2. The van der Waals surface area contributed by atoms with Crippen molar-refractivity contribution in [1.29, 1.82) is 0 Å². The summed E-state index contributed by atoms with van der Waals surface area (Å²) in [6.07, 6.45) is 1.56. The van der Waals surface area contributed by atoms with Crippen LogP contribution in [0.15, 0.2) is 66.7 Å². The van der Waals surface area contributed by atoms with Crippen molar-refractivity contribution in [3.8, 4) is 11.5 Å². The molecular formula is C27H26ClN3O4. The fraction of sp³-hybridized carbons (Fsp3) is 0.259. The first-order valence-corrected chi connectivity index (χ1v) is 12.0. The van der Waals surface area contributed by atoms with Gasteiger partial charge in [0, 0.05) is 31.4 Å². The Morgan fingerprint density at radius 1 is 0.886 bits per heavy atom. The number of carbonyl (C=O) groups excluding carboxylic acids is 2. The van der Waals surface area contributed by atoms with Crippen molar-refractivity contribution in [2.45, 2.75) is 25.4 Å². The van der Waals surface area contributed by atoms with Gasteiger partial charge in [0.05, 0.1) is 16.1 Å². The Labute approximate surface area is 209 Å². The average molecular weight is 492 g/mol. The number of rotatable bonds is 6. The molecule has 0 atom stereocenters. The van der Waals surface area contributed by atoms with Crippen LogP contribution in [0.1, 0.15) is 39.1 Å². The molecule has 2 amide bonds. The van der Waals surface area contributed by atoms with Gasteiger partial charge < -0.3 is 25.0 Å². The van der Waals surface area contributed by atoms with E-state index in [9.17, 15) is 9.59 Å². The first-order valence-electron chi connectivity index (χ1n) is 11.6. The Morgan fingerprint density at radius 3 is 2.40 bits per heavy atom. The molecule has 0 bridgehead atoms. The van der Waals surface area contributed by atoms with Crippen LogP contribution in [0.5, 0.6) is 11.5 Å². The van der Waals surface area contributed by atoms with Crippen molar-refractivity contribution in [2.24, 2.45) is 0 Å². The van der Waals surface area contributed by atoms with E-state index < -0.39 is 0 Å². The van der Waals surface area contributed by atoms with Crippen molar-refractivity contribution < 1.29 is 19.1 Å². The Morgan fingerprint density at radius 2 is 1.60 bits per heavy atom. The highest BCUT2D eigenvalue weighted by Gasteiger charge is 2.24. The van der Waals surface area contributed by atoms with Gasteiger partial charge in [-0.3, -0.25) is 9.59 Å². The van der Waals surface area contributed by atoms with Crippen molar-refractivity contribution in [1.82, 2.24) is 10.6 Å². The highest BCUT2D eigenvalue weighted by Crippen LogP contribution is 2.32. The second-order valence-electron chi connectivity index (χ2n) is 8.60. The summed E-state index contributed by atoms with van der Waals surface area (Å²) in [6, 6.07) is 20.4. The smallest absolute Gasteiger partial charge is 0.253 e. The minimum atomic E-state index is -0.155. The fourth-order valence-electron chi connectivity index (χ4n) is 4.44. The van der Waals surface area contributed by atoms with Crippen LogP contribution in [-0.4, -0.2) is 37.7 Å². The third-order valence-corrected chi connectivity index (χ3v) is 6.66. The van der Waals surface area contributed by atoms with Crippen molar-refractivity contribution in [3.05, 3.63) is 88.4 Å². The summed E-state index contributed by atoms with van der Waals surface area (Å²) in [7, 11) is 0. The number of hydrogen-bond acceptors (Lipinski definition) is 5. The lowest BCUT2D eigenvalue weighted by Gasteiger charge is -2.35. The van der Waals surface area contributed by atoms with E-state index in [1.54, 1.807) is 24.3 Å². The number of anilines is 1. The molecule has 0 aliphatic carbocycles. The molecule has 8 heteroatoms. The molecule has 2 N–H and O–H groups in total. The molecule has 3 aromatic carbocycles. The van der Waals surface area contributed by atoms with Gasteiger partial charge in [-0.15, -0.1) is 0 Å². The maximum absolute atomic E-state index is 13.1. The third-order valence-electron chi connectivity index (χ3n) is 6.33. The zero-order chi connectivity index (χ0) is 24.2. The molecule has 0 spiro atoms.